The van der Waals surface area contributed by atoms with Crippen molar-refractivity contribution in [2.75, 3.05) is 33.0 Å². The molecule has 3 N–H and O–H groups in total. The fourth-order valence-corrected chi connectivity index (χ4v) is 9.15. The summed E-state index contributed by atoms with van der Waals surface area (Å²) in [6.45, 7) is 9.97. The Morgan fingerprint density at radius 2 is 1.40 bits per heavy atom. The summed E-state index contributed by atoms with van der Waals surface area (Å²) in [4.78, 5) is 11.8. The molecule has 0 aliphatic heterocycles. The summed E-state index contributed by atoms with van der Waals surface area (Å²) in [6.07, 6.45) is 1.59. The molecule has 0 spiro atoms. The second-order valence-electron chi connectivity index (χ2n) is 11.1. The van der Waals surface area contributed by atoms with E-state index in [4.69, 9.17) is 9.47 Å². The van der Waals surface area contributed by atoms with Crippen LogP contribution in [0.2, 0.25) is 24.2 Å². The lowest BCUT2D eigenvalue weighted by molar-refractivity contribution is -0.139. The molecule has 0 aliphatic carbocycles. The number of aryl methyl sites for hydroxylation is 3. The first-order chi connectivity index (χ1) is 20.3. The first-order valence-corrected chi connectivity index (χ1v) is 17.7. The first kappa shape index (κ1) is 33.3. The Bertz CT molecular complexity index is 1300. The van der Waals surface area contributed by atoms with E-state index in [-0.39, 0.29) is 33.0 Å². The van der Waals surface area contributed by atoms with Gasteiger partial charge in [-0.05, 0) is 84.3 Å². The smallest absolute Gasteiger partial charge is 0.333 e. The minimum atomic E-state index is -2.09. The quantitative estimate of drug-likeness (QED) is 0.0733. The van der Waals surface area contributed by atoms with Gasteiger partial charge in [0.15, 0.2) is 0 Å². The van der Waals surface area contributed by atoms with Crippen molar-refractivity contribution >= 4 is 14.0 Å². The number of ether oxygens (including phenoxy) is 2. The second kappa shape index (κ2) is 16.4. The monoisotopic (exact) mass is 590 g/mol. The van der Waals surface area contributed by atoms with Crippen molar-refractivity contribution in [1.82, 2.24) is 0 Å². The fraction of sp³-hybridized carbons (Fsp3) is 0.400. The van der Waals surface area contributed by atoms with Crippen molar-refractivity contribution in [2.45, 2.75) is 57.8 Å². The van der Waals surface area contributed by atoms with Crippen molar-refractivity contribution in [3.8, 4) is 28.0 Å². The maximum atomic E-state index is 11.8. The van der Waals surface area contributed by atoms with Crippen molar-refractivity contribution < 1.29 is 29.6 Å². The van der Waals surface area contributed by atoms with Crippen LogP contribution in [0.1, 0.15) is 30.5 Å². The van der Waals surface area contributed by atoms with Crippen molar-refractivity contribution in [1.29, 1.82) is 0 Å². The highest BCUT2D eigenvalue weighted by Crippen LogP contribution is 2.35. The van der Waals surface area contributed by atoms with Crippen LogP contribution in [-0.4, -0.2) is 62.4 Å². The zero-order valence-electron chi connectivity index (χ0n) is 25.3. The molecule has 226 valence electrons. The summed E-state index contributed by atoms with van der Waals surface area (Å²) in [5, 5.41) is 29.2. The minimum absolute atomic E-state index is 0.0565. The molecule has 0 aliphatic rings. The average Bonchev–Trinajstić information content (AvgIpc) is 2.99. The summed E-state index contributed by atoms with van der Waals surface area (Å²) < 4.78 is 11.5. The van der Waals surface area contributed by atoms with Gasteiger partial charge in [-0.25, -0.2) is 4.79 Å². The van der Waals surface area contributed by atoms with Gasteiger partial charge in [0.2, 0.25) is 0 Å². The lowest BCUT2D eigenvalue weighted by Gasteiger charge is -2.30. The van der Waals surface area contributed by atoms with Gasteiger partial charge >= 0.3 is 5.97 Å². The lowest BCUT2D eigenvalue weighted by Crippen LogP contribution is -2.37. The largest absolute Gasteiger partial charge is 0.490 e. The van der Waals surface area contributed by atoms with Crippen LogP contribution in [0.3, 0.4) is 0 Å². The molecule has 0 bridgehead atoms. The normalized spacial score (nSPS) is 11.4. The Morgan fingerprint density at radius 3 is 2.00 bits per heavy atom. The topological polar surface area (TPSA) is 96.2 Å². The van der Waals surface area contributed by atoms with Crippen LogP contribution in [0.25, 0.3) is 22.3 Å². The van der Waals surface area contributed by atoms with Crippen LogP contribution in [0, 0.1) is 6.92 Å². The Balaban J connectivity index is 1.93. The van der Waals surface area contributed by atoms with E-state index in [1.54, 1.807) is 6.92 Å². The van der Waals surface area contributed by atoms with Gasteiger partial charge in [-0.3, -0.25) is 0 Å². The molecular formula is C35H46O6Si. The van der Waals surface area contributed by atoms with Crippen molar-refractivity contribution in [3.05, 3.63) is 89.5 Å². The molecule has 0 amide bonds. The number of rotatable bonds is 17. The number of hydrogen-bond acceptors (Lipinski definition) is 6. The van der Waals surface area contributed by atoms with E-state index < -0.39 is 14.0 Å². The maximum Gasteiger partial charge on any atom is 0.333 e. The van der Waals surface area contributed by atoms with E-state index in [1.807, 2.05) is 0 Å². The predicted octanol–water partition coefficient (Wildman–Crippen LogP) is 6.36. The second-order valence-corrected chi connectivity index (χ2v) is 16.1. The Kier molecular flexibility index (Phi) is 13.0. The van der Waals surface area contributed by atoms with E-state index in [0.717, 1.165) is 34.9 Å². The molecule has 0 atom stereocenters. The molecule has 0 heterocycles. The van der Waals surface area contributed by atoms with Gasteiger partial charge in [0.05, 0.1) is 8.07 Å². The molecule has 0 saturated carbocycles. The van der Waals surface area contributed by atoms with E-state index in [1.165, 1.54) is 22.3 Å². The summed E-state index contributed by atoms with van der Waals surface area (Å²) in [6, 6.07) is 24.2. The van der Waals surface area contributed by atoms with Gasteiger partial charge in [0.1, 0.15) is 19.0 Å². The van der Waals surface area contributed by atoms with Crippen molar-refractivity contribution in [2.24, 2.45) is 0 Å². The predicted molar refractivity (Wildman–Crippen MR) is 173 cm³/mol. The molecule has 7 heteroatoms. The summed E-state index contributed by atoms with van der Waals surface area (Å²) in [5.41, 5.74) is 8.39. The SMILES string of the molecule is C=C(C)C(=O)OCCOc1cc(-c2ccc(-c3ccc(C)cc3)cc2CC)ccc1CC[Si](CCO)(CCO)CCO. The minimum Gasteiger partial charge on any atom is -0.490 e. The Labute approximate surface area is 251 Å². The maximum absolute atomic E-state index is 11.8. The van der Waals surface area contributed by atoms with Crippen LogP contribution in [0.15, 0.2) is 72.8 Å². The summed E-state index contributed by atoms with van der Waals surface area (Å²) in [7, 11) is -2.09. The number of aliphatic hydroxyl groups is 3. The first-order valence-electron chi connectivity index (χ1n) is 14.9. The highest BCUT2D eigenvalue weighted by atomic mass is 28.3. The van der Waals surface area contributed by atoms with Gasteiger partial charge in [-0.1, -0.05) is 79.7 Å². The Hall–Kier alpha value is -3.23. The van der Waals surface area contributed by atoms with E-state index >= 15 is 0 Å². The summed E-state index contributed by atoms with van der Waals surface area (Å²) >= 11 is 0. The van der Waals surface area contributed by atoms with Crippen LogP contribution in [0.5, 0.6) is 5.75 Å². The zero-order valence-corrected chi connectivity index (χ0v) is 26.3. The highest BCUT2D eigenvalue weighted by Gasteiger charge is 2.31. The third-order valence-corrected chi connectivity index (χ3v) is 13.2. The standard InChI is InChI=1S/C35H46O6Si/c1-5-28-24-31(29-8-6-27(4)7-9-29)12-13-33(28)32-11-10-30(14-20-42(21-15-36,22-16-37)23-17-38)34(25-32)40-18-19-41-35(39)26(2)3/h6-13,24-25,36-38H,2,5,14-23H2,1,3-4H3. The molecule has 0 aromatic heterocycles. The number of benzene rings is 3. The number of esters is 1. The molecule has 3 aromatic rings. The zero-order chi connectivity index (χ0) is 30.5. The number of carbonyl (C=O) groups excluding carboxylic acids is 1. The van der Waals surface area contributed by atoms with Crippen LogP contribution in [-0.2, 0) is 22.4 Å². The molecule has 3 rings (SSSR count). The third-order valence-electron chi connectivity index (χ3n) is 8.02. The van der Waals surface area contributed by atoms with E-state index in [0.29, 0.717) is 30.1 Å². The third kappa shape index (κ3) is 9.13. The highest BCUT2D eigenvalue weighted by molar-refractivity contribution is 6.80. The molecular weight excluding hydrogens is 544 g/mol. The van der Waals surface area contributed by atoms with E-state index in [9.17, 15) is 20.1 Å². The molecule has 0 saturated heterocycles. The Morgan fingerprint density at radius 1 is 0.786 bits per heavy atom. The molecule has 6 nitrogen and oxygen atoms in total. The number of hydrogen-bond donors (Lipinski definition) is 3. The molecule has 3 aromatic carbocycles. The fourth-order valence-electron chi connectivity index (χ4n) is 5.43. The van der Waals surface area contributed by atoms with Crippen LogP contribution < -0.4 is 4.74 Å². The lowest BCUT2D eigenvalue weighted by atomic mass is 9.92. The molecule has 0 radical (unpaired) electrons. The van der Waals surface area contributed by atoms with Gasteiger partial charge in [0, 0.05) is 25.4 Å². The number of aliphatic hydroxyl groups excluding tert-OH is 3. The average molecular weight is 591 g/mol. The van der Waals surface area contributed by atoms with Gasteiger partial charge in [-0.15, -0.1) is 0 Å². The number of carbonyl (C=O) groups is 1. The molecule has 0 unspecified atom stereocenters. The van der Waals surface area contributed by atoms with E-state index in [2.05, 4.69) is 81.1 Å². The van der Waals surface area contributed by atoms with Gasteiger partial charge < -0.3 is 24.8 Å². The van der Waals surface area contributed by atoms with Crippen LogP contribution in [0.4, 0.5) is 0 Å². The van der Waals surface area contributed by atoms with Gasteiger partial charge in [-0.2, -0.15) is 0 Å². The molecule has 0 fully saturated rings. The van der Waals surface area contributed by atoms with Gasteiger partial charge in [0.25, 0.3) is 0 Å². The van der Waals surface area contributed by atoms with Crippen molar-refractivity contribution in [3.63, 3.8) is 0 Å². The molecule has 42 heavy (non-hydrogen) atoms. The summed E-state index contributed by atoms with van der Waals surface area (Å²) in [5.74, 6) is 0.282. The van der Waals surface area contributed by atoms with Crippen LogP contribution >= 0.6 is 0 Å².